The number of carbonyl (C=O) groups excluding carboxylic acids is 2. The van der Waals surface area contributed by atoms with Crippen molar-refractivity contribution in [3.05, 3.63) is 64.7 Å². The summed E-state index contributed by atoms with van der Waals surface area (Å²) in [5.74, 6) is -0.830. The van der Waals surface area contributed by atoms with Crippen molar-refractivity contribution in [1.29, 1.82) is 0 Å². The standard InChI is InChI=1S/C18H12F4O2S/c19-17(20)10-5-9(6-11(7-10)18(21)22)16(24)15-8-13(23)12-3-1-2-4-14(12)25-15/h1-7,15,17-18H,8H2. The van der Waals surface area contributed by atoms with Crippen LogP contribution in [-0.2, 0) is 0 Å². The number of Topliss-reactive ketones (excluding diaryl/α,β-unsaturated/α-hetero) is 2. The first-order valence-electron chi connectivity index (χ1n) is 7.41. The smallest absolute Gasteiger partial charge is 0.263 e. The fourth-order valence-corrected chi connectivity index (χ4v) is 3.93. The van der Waals surface area contributed by atoms with E-state index in [9.17, 15) is 27.2 Å². The van der Waals surface area contributed by atoms with E-state index in [2.05, 4.69) is 0 Å². The van der Waals surface area contributed by atoms with Gasteiger partial charge in [0.25, 0.3) is 12.9 Å². The summed E-state index contributed by atoms with van der Waals surface area (Å²) in [6, 6.07) is 9.31. The number of fused-ring (bicyclic) bond motifs is 1. The van der Waals surface area contributed by atoms with E-state index in [-0.39, 0.29) is 17.8 Å². The molecule has 0 saturated carbocycles. The summed E-state index contributed by atoms with van der Waals surface area (Å²) in [6.45, 7) is 0. The lowest BCUT2D eigenvalue weighted by atomic mass is 9.97. The van der Waals surface area contributed by atoms with E-state index in [1.807, 2.05) is 0 Å². The first-order chi connectivity index (χ1) is 11.9. The number of hydrogen-bond acceptors (Lipinski definition) is 3. The van der Waals surface area contributed by atoms with Gasteiger partial charge in [-0.1, -0.05) is 18.2 Å². The second-order valence-electron chi connectivity index (χ2n) is 5.58. The number of hydrogen-bond donors (Lipinski definition) is 0. The molecule has 0 N–H and O–H groups in total. The van der Waals surface area contributed by atoms with Gasteiger partial charge in [0.1, 0.15) is 0 Å². The predicted octanol–water partition coefficient (Wildman–Crippen LogP) is 5.49. The Bertz CT molecular complexity index is 809. The highest BCUT2D eigenvalue weighted by molar-refractivity contribution is 8.00. The van der Waals surface area contributed by atoms with Crippen molar-refractivity contribution in [3.63, 3.8) is 0 Å². The van der Waals surface area contributed by atoms with Crippen LogP contribution < -0.4 is 0 Å². The van der Waals surface area contributed by atoms with Gasteiger partial charge in [0.2, 0.25) is 0 Å². The molecule has 0 saturated heterocycles. The van der Waals surface area contributed by atoms with Gasteiger partial charge in [-0.15, -0.1) is 11.8 Å². The largest absolute Gasteiger partial charge is 0.294 e. The molecule has 1 atom stereocenters. The summed E-state index contributed by atoms with van der Waals surface area (Å²) in [7, 11) is 0. The lowest BCUT2D eigenvalue weighted by Gasteiger charge is -2.22. The molecule has 2 nitrogen and oxygen atoms in total. The zero-order valence-electron chi connectivity index (χ0n) is 12.7. The number of halogens is 4. The fourth-order valence-electron chi connectivity index (χ4n) is 2.68. The van der Waals surface area contributed by atoms with Gasteiger partial charge in [-0.2, -0.15) is 0 Å². The van der Waals surface area contributed by atoms with Crippen LogP contribution in [0.3, 0.4) is 0 Å². The molecule has 25 heavy (non-hydrogen) atoms. The van der Waals surface area contributed by atoms with Crippen LogP contribution >= 0.6 is 11.8 Å². The molecule has 7 heteroatoms. The molecule has 1 aliphatic heterocycles. The van der Waals surface area contributed by atoms with Crippen LogP contribution in [0.15, 0.2) is 47.4 Å². The zero-order chi connectivity index (χ0) is 18.1. The minimum atomic E-state index is -2.97. The van der Waals surface area contributed by atoms with E-state index >= 15 is 0 Å². The quantitative estimate of drug-likeness (QED) is 0.528. The summed E-state index contributed by atoms with van der Waals surface area (Å²) in [5.41, 5.74) is -0.980. The highest BCUT2D eigenvalue weighted by Crippen LogP contribution is 2.37. The summed E-state index contributed by atoms with van der Waals surface area (Å²) >= 11 is 1.15. The minimum absolute atomic E-state index is 0.0938. The van der Waals surface area contributed by atoms with E-state index in [0.717, 1.165) is 23.9 Å². The van der Waals surface area contributed by atoms with E-state index in [1.54, 1.807) is 24.3 Å². The van der Waals surface area contributed by atoms with Gasteiger partial charge in [-0.25, -0.2) is 17.6 Å². The predicted molar refractivity (Wildman–Crippen MR) is 85.7 cm³/mol. The molecule has 0 amide bonds. The Balaban J connectivity index is 1.95. The minimum Gasteiger partial charge on any atom is -0.294 e. The maximum atomic E-state index is 12.9. The van der Waals surface area contributed by atoms with Gasteiger partial charge < -0.3 is 0 Å². The van der Waals surface area contributed by atoms with Crippen LogP contribution in [0.4, 0.5) is 17.6 Å². The lowest BCUT2D eigenvalue weighted by molar-refractivity contribution is 0.0917. The lowest BCUT2D eigenvalue weighted by Crippen LogP contribution is -2.25. The highest BCUT2D eigenvalue weighted by atomic mass is 32.2. The Hall–Kier alpha value is -2.15. The second-order valence-corrected chi connectivity index (χ2v) is 6.83. The molecule has 0 fully saturated rings. The van der Waals surface area contributed by atoms with Crippen LogP contribution in [0.25, 0.3) is 0 Å². The molecule has 0 radical (unpaired) electrons. The number of alkyl halides is 4. The molecule has 2 aromatic rings. The van der Waals surface area contributed by atoms with Crippen molar-refractivity contribution >= 4 is 23.3 Å². The van der Waals surface area contributed by atoms with Crippen molar-refractivity contribution < 1.29 is 27.2 Å². The molecule has 3 rings (SSSR count). The average molecular weight is 368 g/mol. The molecule has 1 unspecified atom stereocenters. The molecule has 0 bridgehead atoms. The first-order valence-corrected chi connectivity index (χ1v) is 8.29. The summed E-state index contributed by atoms with van der Waals surface area (Å²) < 4.78 is 51.8. The van der Waals surface area contributed by atoms with Crippen molar-refractivity contribution in [1.82, 2.24) is 0 Å². The van der Waals surface area contributed by atoms with Crippen LogP contribution in [0.5, 0.6) is 0 Å². The average Bonchev–Trinajstić information content (AvgIpc) is 2.60. The third kappa shape index (κ3) is 3.61. The molecule has 2 aromatic carbocycles. The third-order valence-corrected chi connectivity index (χ3v) is 5.16. The van der Waals surface area contributed by atoms with Gasteiger partial charge in [0.05, 0.1) is 5.25 Å². The van der Waals surface area contributed by atoms with Gasteiger partial charge in [-0.3, -0.25) is 9.59 Å². The van der Waals surface area contributed by atoms with E-state index < -0.39 is 35.0 Å². The fraction of sp³-hybridized carbons (Fsp3) is 0.222. The molecule has 0 aromatic heterocycles. The number of benzene rings is 2. The molecule has 1 heterocycles. The van der Waals surface area contributed by atoms with Crippen molar-refractivity contribution in [2.24, 2.45) is 0 Å². The molecular formula is C18H12F4O2S. The topological polar surface area (TPSA) is 34.1 Å². The Morgan fingerprint density at radius 1 is 1.00 bits per heavy atom. The first kappa shape index (κ1) is 17.7. The van der Waals surface area contributed by atoms with E-state index in [1.165, 1.54) is 0 Å². The normalized spacial score (nSPS) is 17.0. The van der Waals surface area contributed by atoms with Crippen LogP contribution in [0.2, 0.25) is 0 Å². The van der Waals surface area contributed by atoms with Gasteiger partial charge in [0, 0.05) is 33.6 Å². The van der Waals surface area contributed by atoms with E-state index in [0.29, 0.717) is 16.5 Å². The highest BCUT2D eigenvalue weighted by Gasteiger charge is 2.31. The SMILES string of the molecule is O=C1CC(C(=O)c2cc(C(F)F)cc(C(F)F)c2)Sc2ccccc21. The Labute approximate surface area is 145 Å². The Morgan fingerprint density at radius 2 is 1.60 bits per heavy atom. The summed E-state index contributed by atoms with van der Waals surface area (Å²) in [5, 5.41) is -0.819. The molecule has 0 spiro atoms. The third-order valence-electron chi connectivity index (χ3n) is 3.89. The second kappa shape index (κ2) is 7.00. The van der Waals surface area contributed by atoms with Crippen molar-refractivity contribution in [2.45, 2.75) is 29.4 Å². The molecule has 1 aliphatic rings. The molecular weight excluding hydrogens is 356 g/mol. The van der Waals surface area contributed by atoms with E-state index in [4.69, 9.17) is 0 Å². The monoisotopic (exact) mass is 368 g/mol. The summed E-state index contributed by atoms with van der Waals surface area (Å²) in [6.07, 6.45) is -6.03. The van der Waals surface area contributed by atoms with Crippen molar-refractivity contribution in [2.75, 3.05) is 0 Å². The summed E-state index contributed by atoms with van der Waals surface area (Å²) in [4.78, 5) is 25.4. The maximum absolute atomic E-state index is 12.9. The van der Waals surface area contributed by atoms with Crippen LogP contribution in [-0.4, -0.2) is 16.8 Å². The van der Waals surface area contributed by atoms with Crippen LogP contribution in [0, 0.1) is 0 Å². The van der Waals surface area contributed by atoms with Crippen molar-refractivity contribution in [3.8, 4) is 0 Å². The van der Waals surface area contributed by atoms with Gasteiger partial charge in [-0.05, 0) is 24.3 Å². The maximum Gasteiger partial charge on any atom is 0.263 e. The number of ketones is 2. The van der Waals surface area contributed by atoms with Gasteiger partial charge in [0.15, 0.2) is 11.6 Å². The van der Waals surface area contributed by atoms with Crippen LogP contribution in [0.1, 0.15) is 51.1 Å². The number of rotatable bonds is 4. The number of carbonyl (C=O) groups is 2. The number of thioether (sulfide) groups is 1. The Kier molecular flexibility index (Phi) is 4.94. The Morgan fingerprint density at radius 3 is 2.20 bits per heavy atom. The van der Waals surface area contributed by atoms with Gasteiger partial charge >= 0.3 is 0 Å². The zero-order valence-corrected chi connectivity index (χ0v) is 13.5. The molecule has 130 valence electrons. The molecule has 0 aliphatic carbocycles.